The minimum absolute atomic E-state index is 0.0746. The zero-order chi connectivity index (χ0) is 13.0. The van der Waals surface area contributed by atoms with E-state index in [9.17, 15) is 5.11 Å². The van der Waals surface area contributed by atoms with Crippen molar-refractivity contribution < 1.29 is 9.63 Å². The van der Waals surface area contributed by atoms with Crippen LogP contribution in [-0.2, 0) is 6.42 Å². The summed E-state index contributed by atoms with van der Waals surface area (Å²) < 4.78 is 5.14. The molecule has 1 N–H and O–H groups in total. The van der Waals surface area contributed by atoms with Gasteiger partial charge in [-0.2, -0.15) is 4.98 Å². The van der Waals surface area contributed by atoms with Gasteiger partial charge < -0.3 is 9.63 Å². The molecule has 19 heavy (non-hydrogen) atoms. The Balaban J connectivity index is 1.34. The van der Waals surface area contributed by atoms with E-state index in [4.69, 9.17) is 4.52 Å². The average molecular weight is 263 g/mol. The normalized spacial score (nSPS) is 40.4. The molecule has 2 aliphatic carbocycles. The van der Waals surface area contributed by atoms with Crippen molar-refractivity contribution in [1.29, 1.82) is 0 Å². The highest BCUT2D eigenvalue weighted by Gasteiger charge is 2.58. The lowest BCUT2D eigenvalue weighted by atomic mass is 9.88. The first kappa shape index (κ1) is 11.9. The van der Waals surface area contributed by atoms with Crippen LogP contribution in [-0.4, -0.2) is 45.4 Å². The first-order valence-electron chi connectivity index (χ1n) is 7.43. The largest absolute Gasteiger partial charge is 0.391 e. The van der Waals surface area contributed by atoms with Crippen molar-refractivity contribution in [2.24, 2.45) is 17.8 Å². The van der Waals surface area contributed by atoms with Crippen LogP contribution in [0, 0.1) is 24.7 Å². The Bertz CT molecular complexity index is 473. The van der Waals surface area contributed by atoms with E-state index >= 15 is 0 Å². The van der Waals surface area contributed by atoms with Gasteiger partial charge in [-0.15, -0.1) is 0 Å². The lowest BCUT2D eigenvalue weighted by Crippen LogP contribution is -2.41. The highest BCUT2D eigenvalue weighted by atomic mass is 16.5. The minimum Gasteiger partial charge on any atom is -0.391 e. The molecule has 104 valence electrons. The second kappa shape index (κ2) is 4.28. The topological polar surface area (TPSA) is 62.4 Å². The summed E-state index contributed by atoms with van der Waals surface area (Å²) in [4.78, 5) is 6.74. The van der Waals surface area contributed by atoms with E-state index in [-0.39, 0.29) is 6.10 Å². The van der Waals surface area contributed by atoms with Gasteiger partial charge in [0.1, 0.15) is 0 Å². The average Bonchev–Trinajstić information content (AvgIpc) is 3.05. The SMILES string of the molecule is Cc1noc(CCCN2CC3CC4CC3C2C4O)n1. The molecule has 5 nitrogen and oxygen atoms in total. The van der Waals surface area contributed by atoms with Crippen LogP contribution < -0.4 is 0 Å². The van der Waals surface area contributed by atoms with Gasteiger partial charge >= 0.3 is 0 Å². The van der Waals surface area contributed by atoms with Crippen LogP contribution in [0.1, 0.15) is 31.0 Å². The number of aromatic nitrogens is 2. The third-order valence-electron chi connectivity index (χ3n) is 5.35. The predicted molar refractivity (Wildman–Crippen MR) is 68.4 cm³/mol. The Morgan fingerprint density at radius 3 is 3.00 bits per heavy atom. The fourth-order valence-electron chi connectivity index (χ4n) is 4.67. The van der Waals surface area contributed by atoms with Gasteiger partial charge in [-0.3, -0.25) is 4.90 Å². The minimum atomic E-state index is -0.0746. The summed E-state index contributed by atoms with van der Waals surface area (Å²) in [5, 5.41) is 14.1. The van der Waals surface area contributed by atoms with Crippen LogP contribution in [0.3, 0.4) is 0 Å². The second-order valence-electron chi connectivity index (χ2n) is 6.47. The number of aryl methyl sites for hydroxylation is 2. The summed E-state index contributed by atoms with van der Waals surface area (Å²) in [6, 6.07) is 0.438. The molecule has 3 fully saturated rings. The van der Waals surface area contributed by atoms with Crippen molar-refractivity contribution in [2.75, 3.05) is 13.1 Å². The zero-order valence-electron chi connectivity index (χ0n) is 11.3. The van der Waals surface area contributed by atoms with Gasteiger partial charge in [-0.25, -0.2) is 0 Å². The van der Waals surface area contributed by atoms with Crippen molar-refractivity contribution in [2.45, 2.75) is 44.8 Å². The summed E-state index contributed by atoms with van der Waals surface area (Å²) in [5.41, 5.74) is 0. The van der Waals surface area contributed by atoms with E-state index in [2.05, 4.69) is 15.0 Å². The molecule has 0 amide bonds. The van der Waals surface area contributed by atoms with Gasteiger partial charge in [0.25, 0.3) is 0 Å². The van der Waals surface area contributed by atoms with E-state index < -0.39 is 0 Å². The van der Waals surface area contributed by atoms with E-state index in [0.29, 0.717) is 17.8 Å². The van der Waals surface area contributed by atoms with Crippen molar-refractivity contribution in [3.8, 4) is 0 Å². The second-order valence-corrected chi connectivity index (χ2v) is 6.47. The summed E-state index contributed by atoms with van der Waals surface area (Å²) in [5.74, 6) is 3.66. The number of aliphatic hydroxyl groups is 1. The summed E-state index contributed by atoms with van der Waals surface area (Å²) in [6.45, 7) is 4.08. The van der Waals surface area contributed by atoms with Gasteiger partial charge in [0.15, 0.2) is 5.82 Å². The molecule has 2 bridgehead atoms. The molecule has 4 rings (SSSR count). The van der Waals surface area contributed by atoms with Crippen LogP contribution in [0.25, 0.3) is 0 Å². The molecule has 0 aromatic carbocycles. The number of likely N-dealkylation sites (tertiary alicyclic amines) is 1. The van der Waals surface area contributed by atoms with Crippen molar-refractivity contribution in [3.63, 3.8) is 0 Å². The number of fused-ring (bicyclic) bond motifs is 1. The van der Waals surface area contributed by atoms with Crippen LogP contribution in [0.2, 0.25) is 0 Å². The first-order chi connectivity index (χ1) is 9.22. The first-order valence-corrected chi connectivity index (χ1v) is 7.43. The van der Waals surface area contributed by atoms with Gasteiger partial charge in [-0.1, -0.05) is 5.16 Å². The lowest BCUT2D eigenvalue weighted by molar-refractivity contribution is 0.0506. The van der Waals surface area contributed by atoms with Gasteiger partial charge in [0.2, 0.25) is 5.89 Å². The molecule has 5 atom stereocenters. The third-order valence-corrected chi connectivity index (χ3v) is 5.35. The smallest absolute Gasteiger partial charge is 0.226 e. The fraction of sp³-hybridized carbons (Fsp3) is 0.857. The molecule has 1 aromatic rings. The summed E-state index contributed by atoms with van der Waals surface area (Å²) in [7, 11) is 0. The number of nitrogens with zero attached hydrogens (tertiary/aromatic N) is 3. The predicted octanol–water partition coefficient (Wildman–Crippen LogP) is 1.01. The molecule has 2 saturated carbocycles. The molecule has 3 aliphatic rings. The number of rotatable bonds is 4. The van der Waals surface area contributed by atoms with E-state index in [1.807, 2.05) is 6.92 Å². The molecule has 1 saturated heterocycles. The Morgan fingerprint density at radius 2 is 2.26 bits per heavy atom. The van der Waals surface area contributed by atoms with Gasteiger partial charge in [0, 0.05) is 19.0 Å². The van der Waals surface area contributed by atoms with Gasteiger partial charge in [0.05, 0.1) is 6.10 Å². The molecule has 1 aromatic heterocycles. The van der Waals surface area contributed by atoms with Gasteiger partial charge in [-0.05, 0) is 50.5 Å². The van der Waals surface area contributed by atoms with E-state index in [0.717, 1.165) is 37.1 Å². The van der Waals surface area contributed by atoms with E-state index in [1.165, 1.54) is 19.4 Å². The maximum absolute atomic E-state index is 10.3. The number of aliphatic hydroxyl groups excluding tert-OH is 1. The molecule has 2 heterocycles. The Hall–Kier alpha value is -0.940. The maximum atomic E-state index is 10.3. The highest BCUT2D eigenvalue weighted by Crippen LogP contribution is 2.54. The van der Waals surface area contributed by atoms with E-state index in [1.54, 1.807) is 0 Å². The molecule has 1 aliphatic heterocycles. The van der Waals surface area contributed by atoms with Crippen molar-refractivity contribution in [3.05, 3.63) is 11.7 Å². The lowest BCUT2D eigenvalue weighted by Gasteiger charge is -2.28. The molecular weight excluding hydrogens is 242 g/mol. The molecule has 0 radical (unpaired) electrons. The Morgan fingerprint density at radius 1 is 1.37 bits per heavy atom. The number of hydrogen-bond donors (Lipinski definition) is 1. The molecule has 5 heteroatoms. The summed E-state index contributed by atoms with van der Waals surface area (Å²) in [6.07, 6.45) is 4.32. The Labute approximate surface area is 113 Å². The zero-order valence-corrected chi connectivity index (χ0v) is 11.3. The monoisotopic (exact) mass is 263 g/mol. The Kier molecular flexibility index (Phi) is 2.67. The molecular formula is C14H21N3O2. The quantitative estimate of drug-likeness (QED) is 0.878. The molecule has 0 spiro atoms. The highest BCUT2D eigenvalue weighted by molar-refractivity contribution is 5.10. The third kappa shape index (κ3) is 1.82. The van der Waals surface area contributed by atoms with Crippen molar-refractivity contribution in [1.82, 2.24) is 15.0 Å². The van der Waals surface area contributed by atoms with Crippen LogP contribution in [0.5, 0.6) is 0 Å². The van der Waals surface area contributed by atoms with Crippen molar-refractivity contribution >= 4 is 0 Å². The maximum Gasteiger partial charge on any atom is 0.226 e. The van der Waals surface area contributed by atoms with Crippen LogP contribution in [0.15, 0.2) is 4.52 Å². The fourth-order valence-corrected chi connectivity index (χ4v) is 4.67. The number of hydrogen-bond acceptors (Lipinski definition) is 5. The van der Waals surface area contributed by atoms with Crippen LogP contribution in [0.4, 0.5) is 0 Å². The van der Waals surface area contributed by atoms with Crippen LogP contribution >= 0.6 is 0 Å². The molecule has 5 unspecified atom stereocenters. The standard InChI is InChI=1S/C14H21N3O2/c1-8-15-12(19-16-8)3-2-4-17-7-10-5-9-6-11(10)13(17)14(9)18/h9-11,13-14,18H,2-7H2,1H3. The summed E-state index contributed by atoms with van der Waals surface area (Å²) >= 11 is 0.